The third-order valence-corrected chi connectivity index (χ3v) is 5.80. The van der Waals surface area contributed by atoms with E-state index in [1.165, 1.54) is 12.1 Å². The molecule has 5 nitrogen and oxygen atoms in total. The average Bonchev–Trinajstić information content (AvgIpc) is 2.53. The van der Waals surface area contributed by atoms with Crippen molar-refractivity contribution in [2.45, 2.75) is 16.8 Å². The summed E-state index contributed by atoms with van der Waals surface area (Å²) in [6.45, 7) is 0. The molecule has 1 unspecified atom stereocenters. The number of hydrogen-bond acceptors (Lipinski definition) is 4. The van der Waals surface area contributed by atoms with Crippen LogP contribution in [-0.2, 0) is 31.4 Å². The van der Waals surface area contributed by atoms with Crippen LogP contribution in [0.2, 0.25) is 0 Å². The first-order valence-corrected chi connectivity index (χ1v) is 8.67. The zero-order valence-electron chi connectivity index (χ0n) is 12.8. The van der Waals surface area contributed by atoms with Crippen molar-refractivity contribution >= 4 is 15.7 Å². The maximum absolute atomic E-state index is 13.3. The molecule has 0 saturated carbocycles. The smallest absolute Gasteiger partial charge is 0.367 e. The summed E-state index contributed by atoms with van der Waals surface area (Å²) in [4.78, 5) is 8.87. The summed E-state index contributed by atoms with van der Waals surface area (Å²) in [5.74, 6) is -2.32. The minimum Gasteiger partial charge on any atom is -0.367 e. The molecule has 0 saturated heterocycles. The largest absolute Gasteiger partial charge is 0.416 e. The van der Waals surface area contributed by atoms with E-state index >= 15 is 0 Å². The summed E-state index contributed by atoms with van der Waals surface area (Å²) < 4.78 is 65.3. The Labute approximate surface area is 142 Å². The molecule has 134 valence electrons. The molecule has 4 N–H and O–H groups in total. The van der Waals surface area contributed by atoms with Crippen LogP contribution in [0.4, 0.5) is 13.2 Å². The van der Waals surface area contributed by atoms with Crippen molar-refractivity contribution < 1.29 is 26.4 Å². The van der Waals surface area contributed by atoms with Gasteiger partial charge in [0, 0.05) is 5.56 Å². The highest BCUT2D eigenvalue weighted by molar-refractivity contribution is 7.92. The van der Waals surface area contributed by atoms with Crippen molar-refractivity contribution in [2.24, 2.45) is 11.5 Å². The lowest BCUT2D eigenvalue weighted by Gasteiger charge is -2.29. The lowest BCUT2D eigenvalue weighted by molar-refractivity contribution is -0.138. The Hall–Kier alpha value is -2.39. The van der Waals surface area contributed by atoms with Crippen LogP contribution in [0.3, 0.4) is 0 Å². The van der Waals surface area contributed by atoms with Gasteiger partial charge in [-0.3, -0.25) is 4.79 Å². The molecule has 0 heterocycles. The monoisotopic (exact) mass is 372 g/mol. The standard InChI is InChI=1S/C16H15F3N2O3S/c17-16(18,19)13-9-5-4-8-12(13)15(21,14(20)22)25(23,24)10-11-6-2-1-3-7-11/h1-9H,10,21H2,(H2,20,22). The fourth-order valence-corrected chi connectivity index (χ4v) is 4.09. The van der Waals surface area contributed by atoms with Gasteiger partial charge in [-0.2, -0.15) is 13.2 Å². The fourth-order valence-electron chi connectivity index (χ4n) is 2.42. The number of primary amides is 1. The zero-order valence-corrected chi connectivity index (χ0v) is 13.6. The molecule has 0 spiro atoms. The minimum absolute atomic E-state index is 0.267. The molecule has 0 bridgehead atoms. The van der Waals surface area contributed by atoms with Crippen LogP contribution in [0.25, 0.3) is 0 Å². The van der Waals surface area contributed by atoms with Crippen LogP contribution >= 0.6 is 0 Å². The SMILES string of the molecule is NC(=O)C(N)(c1ccccc1C(F)(F)F)S(=O)(=O)Cc1ccccc1. The number of hydrogen-bond donors (Lipinski definition) is 2. The topological polar surface area (TPSA) is 103 Å². The molecule has 1 amide bonds. The molecule has 0 fully saturated rings. The normalized spacial score (nSPS) is 14.7. The van der Waals surface area contributed by atoms with Crippen molar-refractivity contribution in [3.8, 4) is 0 Å². The van der Waals surface area contributed by atoms with Gasteiger partial charge in [0.15, 0.2) is 9.84 Å². The van der Waals surface area contributed by atoms with E-state index in [0.29, 0.717) is 6.07 Å². The van der Waals surface area contributed by atoms with Crippen molar-refractivity contribution in [1.29, 1.82) is 0 Å². The van der Waals surface area contributed by atoms with E-state index in [1.54, 1.807) is 18.2 Å². The second-order valence-corrected chi connectivity index (χ2v) is 7.55. The van der Waals surface area contributed by atoms with Gasteiger partial charge in [0.1, 0.15) is 0 Å². The van der Waals surface area contributed by atoms with Crippen LogP contribution in [-0.4, -0.2) is 14.3 Å². The van der Waals surface area contributed by atoms with Gasteiger partial charge in [0.25, 0.3) is 5.91 Å². The van der Waals surface area contributed by atoms with Crippen molar-refractivity contribution in [1.82, 2.24) is 0 Å². The van der Waals surface area contributed by atoms with Crippen molar-refractivity contribution in [3.05, 3.63) is 71.3 Å². The van der Waals surface area contributed by atoms with Crippen LogP contribution in [0.5, 0.6) is 0 Å². The Bertz CT molecular complexity index is 883. The van der Waals surface area contributed by atoms with Gasteiger partial charge in [-0.15, -0.1) is 0 Å². The van der Waals surface area contributed by atoms with E-state index in [0.717, 1.165) is 18.2 Å². The van der Waals surface area contributed by atoms with E-state index in [4.69, 9.17) is 11.5 Å². The maximum atomic E-state index is 13.3. The number of amides is 1. The summed E-state index contributed by atoms with van der Waals surface area (Å²) in [7, 11) is -4.61. The van der Waals surface area contributed by atoms with Gasteiger partial charge < -0.3 is 11.5 Å². The van der Waals surface area contributed by atoms with Gasteiger partial charge in [0.2, 0.25) is 4.87 Å². The number of sulfone groups is 1. The van der Waals surface area contributed by atoms with Crippen molar-refractivity contribution in [2.75, 3.05) is 0 Å². The van der Waals surface area contributed by atoms with Gasteiger partial charge >= 0.3 is 6.18 Å². The Kier molecular flexibility index (Phi) is 4.92. The second-order valence-electron chi connectivity index (χ2n) is 5.39. The summed E-state index contributed by atoms with van der Waals surface area (Å²) in [5.41, 5.74) is 8.91. The molecule has 2 aromatic carbocycles. The van der Waals surface area contributed by atoms with Crippen molar-refractivity contribution in [3.63, 3.8) is 0 Å². The molecule has 9 heteroatoms. The van der Waals surface area contributed by atoms with Gasteiger partial charge in [-0.05, 0) is 11.6 Å². The first kappa shape index (κ1) is 18.9. The fraction of sp³-hybridized carbons (Fsp3) is 0.188. The van der Waals surface area contributed by atoms with Crippen LogP contribution in [0, 0.1) is 0 Å². The van der Waals surface area contributed by atoms with E-state index in [-0.39, 0.29) is 5.56 Å². The first-order chi connectivity index (χ1) is 11.5. The number of halogens is 3. The Balaban J connectivity index is 2.66. The summed E-state index contributed by atoms with van der Waals surface area (Å²) in [6, 6.07) is 11.4. The highest BCUT2D eigenvalue weighted by atomic mass is 32.2. The third kappa shape index (κ3) is 3.52. The molecule has 2 rings (SSSR count). The molecule has 25 heavy (non-hydrogen) atoms. The Morgan fingerprint density at radius 2 is 1.40 bits per heavy atom. The van der Waals surface area contributed by atoms with E-state index in [2.05, 4.69) is 0 Å². The molecule has 0 aromatic heterocycles. The molecule has 0 aliphatic rings. The molecular weight excluding hydrogens is 357 g/mol. The highest BCUT2D eigenvalue weighted by Gasteiger charge is 2.51. The summed E-state index contributed by atoms with van der Waals surface area (Å²) >= 11 is 0. The quantitative estimate of drug-likeness (QED) is 0.837. The first-order valence-electron chi connectivity index (χ1n) is 7.02. The maximum Gasteiger partial charge on any atom is 0.416 e. The van der Waals surface area contributed by atoms with Gasteiger partial charge in [0.05, 0.1) is 11.3 Å². The highest BCUT2D eigenvalue weighted by Crippen LogP contribution is 2.38. The number of rotatable bonds is 5. The lowest BCUT2D eigenvalue weighted by Crippen LogP contribution is -2.56. The molecule has 0 aliphatic heterocycles. The molecule has 0 radical (unpaired) electrons. The minimum atomic E-state index is -4.90. The Morgan fingerprint density at radius 1 is 0.920 bits per heavy atom. The van der Waals surface area contributed by atoms with E-state index in [9.17, 15) is 26.4 Å². The number of alkyl halides is 3. The van der Waals surface area contributed by atoms with Crippen LogP contribution < -0.4 is 11.5 Å². The number of carbonyl (C=O) groups is 1. The second kappa shape index (κ2) is 6.49. The lowest BCUT2D eigenvalue weighted by atomic mass is 9.99. The molecule has 1 atom stereocenters. The summed E-state index contributed by atoms with van der Waals surface area (Å²) in [6.07, 6.45) is -4.90. The zero-order chi connectivity index (χ0) is 18.9. The Morgan fingerprint density at radius 3 is 1.88 bits per heavy atom. The molecular formula is C16H15F3N2O3S. The number of carbonyl (C=O) groups excluding carboxylic acids is 1. The van der Waals surface area contributed by atoms with Gasteiger partial charge in [-0.1, -0.05) is 48.5 Å². The molecule has 0 aliphatic carbocycles. The van der Waals surface area contributed by atoms with E-state index < -0.39 is 43.7 Å². The van der Waals surface area contributed by atoms with E-state index in [1.807, 2.05) is 0 Å². The third-order valence-electron chi connectivity index (χ3n) is 3.69. The summed E-state index contributed by atoms with van der Waals surface area (Å²) in [5, 5.41) is 0. The average molecular weight is 372 g/mol. The predicted molar refractivity (Wildman–Crippen MR) is 85.6 cm³/mol. The molecule has 2 aromatic rings. The van der Waals surface area contributed by atoms with Crippen LogP contribution in [0.15, 0.2) is 54.6 Å². The van der Waals surface area contributed by atoms with Gasteiger partial charge in [-0.25, -0.2) is 8.42 Å². The number of benzene rings is 2. The van der Waals surface area contributed by atoms with Crippen LogP contribution in [0.1, 0.15) is 16.7 Å². The number of nitrogens with two attached hydrogens (primary N) is 2. The predicted octanol–water partition coefficient (Wildman–Crippen LogP) is 1.92.